The Morgan fingerprint density at radius 2 is 1.55 bits per heavy atom. The fourth-order valence-electron chi connectivity index (χ4n) is 8.10. The van der Waals surface area contributed by atoms with Gasteiger partial charge in [0.1, 0.15) is 17.8 Å². The van der Waals surface area contributed by atoms with Crippen molar-refractivity contribution in [3.8, 4) is 0 Å². The molecule has 1 aromatic heterocycles. The normalized spacial score (nSPS) is 18.5. The number of ketones is 1. The lowest BCUT2D eigenvalue weighted by Crippen LogP contribution is -2.55. The molecule has 4 aromatic carbocycles. The molecule has 0 spiro atoms. The molecule has 0 aliphatic carbocycles. The summed E-state index contributed by atoms with van der Waals surface area (Å²) >= 11 is 0. The molecule has 0 radical (unpaired) electrons. The Labute approximate surface area is 322 Å². The Balaban J connectivity index is 1.13. The molecular weight excluding hydrogens is 717 g/mol. The number of carbonyl (C=O) groups is 5. The van der Waals surface area contributed by atoms with Gasteiger partial charge in [-0.05, 0) is 59.7 Å². The third kappa shape index (κ3) is 8.10. The van der Waals surface area contributed by atoms with Crippen LogP contribution < -0.4 is 16.4 Å². The van der Waals surface area contributed by atoms with Crippen LogP contribution in [0.25, 0.3) is 10.9 Å². The second kappa shape index (κ2) is 15.9. The number of fused-ring (bicyclic) bond motifs is 4. The van der Waals surface area contributed by atoms with E-state index in [1.807, 2.05) is 84.9 Å². The summed E-state index contributed by atoms with van der Waals surface area (Å²) in [6.45, 7) is 0.801. The van der Waals surface area contributed by atoms with Gasteiger partial charge in [-0.25, -0.2) is 8.78 Å². The Bertz CT molecular complexity index is 2230. The minimum Gasteiger partial charge on any atom is -0.370 e. The van der Waals surface area contributed by atoms with E-state index < -0.39 is 53.7 Å². The lowest BCUT2D eigenvalue weighted by molar-refractivity contribution is -0.142. The number of nitrogens with zero attached hydrogens (tertiary/aromatic N) is 1. The van der Waals surface area contributed by atoms with Gasteiger partial charge >= 0.3 is 0 Å². The van der Waals surface area contributed by atoms with Crippen LogP contribution in [0.2, 0.25) is 0 Å². The van der Waals surface area contributed by atoms with E-state index in [9.17, 15) is 32.8 Å². The summed E-state index contributed by atoms with van der Waals surface area (Å²) in [6.07, 6.45) is 0.837. The van der Waals surface area contributed by atoms with Gasteiger partial charge in [-0.3, -0.25) is 24.0 Å². The van der Waals surface area contributed by atoms with Crippen LogP contribution in [0.4, 0.5) is 8.78 Å². The number of Topliss-reactive ketones (excluding diaryl/α,β-unsaturated/α-hetero) is 1. The Kier molecular flexibility index (Phi) is 10.8. The van der Waals surface area contributed by atoms with Crippen LogP contribution >= 0.6 is 0 Å². The lowest BCUT2D eigenvalue weighted by Gasteiger charge is -2.32. The van der Waals surface area contributed by atoms with Crippen LogP contribution in [0, 0.1) is 0 Å². The summed E-state index contributed by atoms with van der Waals surface area (Å²) in [5.74, 6) is -5.88. The van der Waals surface area contributed by atoms with Crippen LogP contribution in [0.1, 0.15) is 89.3 Å². The molecule has 4 amide bonds. The van der Waals surface area contributed by atoms with Crippen molar-refractivity contribution in [3.63, 3.8) is 0 Å². The topological polar surface area (TPSA) is 154 Å². The number of carbonyl (C=O) groups excluding carboxylic acids is 5. The van der Waals surface area contributed by atoms with E-state index in [2.05, 4.69) is 15.6 Å². The van der Waals surface area contributed by atoms with Crippen molar-refractivity contribution < 1.29 is 32.8 Å². The number of nitrogens with two attached hydrogens (primary N) is 1. The van der Waals surface area contributed by atoms with Crippen molar-refractivity contribution in [2.75, 3.05) is 0 Å². The van der Waals surface area contributed by atoms with E-state index in [4.69, 9.17) is 5.73 Å². The van der Waals surface area contributed by atoms with Gasteiger partial charge < -0.3 is 26.3 Å². The van der Waals surface area contributed by atoms with E-state index in [1.54, 1.807) is 0 Å². The number of H-pyrrole nitrogens is 1. The molecular formula is C44H43F2N5O5. The van der Waals surface area contributed by atoms with E-state index in [0.29, 0.717) is 23.7 Å². The first-order valence-corrected chi connectivity index (χ1v) is 18.8. The van der Waals surface area contributed by atoms with Crippen molar-refractivity contribution in [2.45, 2.75) is 81.5 Å². The molecule has 4 atom stereocenters. The number of halogens is 2. The summed E-state index contributed by atoms with van der Waals surface area (Å²) < 4.78 is 28.0. The highest BCUT2D eigenvalue weighted by atomic mass is 19.3. The SMILES string of the molecule is CC(F)(F)c1ccc2[nH]c(C(=O)N[C@H]3Cc4ccccc4[C@H]4CC[C@@H](C(=O)N[C@@H](CCC(N)=O)C(=O)CC(c5ccccc5)c5ccccc5)N4C3=O)cc2c1. The van der Waals surface area contributed by atoms with Crippen LogP contribution in [0.15, 0.2) is 109 Å². The number of hydrogen-bond acceptors (Lipinski definition) is 5. The average molecular weight is 760 g/mol. The quantitative estimate of drug-likeness (QED) is 0.113. The predicted molar refractivity (Wildman–Crippen MR) is 207 cm³/mol. The zero-order valence-corrected chi connectivity index (χ0v) is 30.8. The summed E-state index contributed by atoms with van der Waals surface area (Å²) in [6, 6.07) is 28.7. The summed E-state index contributed by atoms with van der Waals surface area (Å²) in [7, 11) is 0. The largest absolute Gasteiger partial charge is 0.370 e. The minimum atomic E-state index is -3.06. The zero-order valence-electron chi connectivity index (χ0n) is 30.8. The molecule has 1 saturated heterocycles. The van der Waals surface area contributed by atoms with Crippen molar-refractivity contribution in [1.29, 1.82) is 0 Å². The maximum Gasteiger partial charge on any atom is 0.270 e. The molecule has 0 unspecified atom stereocenters. The molecule has 2 aliphatic heterocycles. The number of nitrogens with one attached hydrogen (secondary N) is 3. The fraction of sp³-hybridized carbons (Fsp3) is 0.295. The number of aromatic nitrogens is 1. The first-order valence-electron chi connectivity index (χ1n) is 18.8. The van der Waals surface area contributed by atoms with Gasteiger partial charge in [0.15, 0.2) is 5.78 Å². The fourth-order valence-corrected chi connectivity index (χ4v) is 8.10. The van der Waals surface area contributed by atoms with Crippen LogP contribution in [0.5, 0.6) is 0 Å². The highest BCUT2D eigenvalue weighted by Gasteiger charge is 2.47. The van der Waals surface area contributed by atoms with Gasteiger partial charge in [0.25, 0.3) is 11.8 Å². The van der Waals surface area contributed by atoms with Gasteiger partial charge in [-0.15, -0.1) is 0 Å². The number of alkyl halides is 2. The molecule has 5 aromatic rings. The van der Waals surface area contributed by atoms with Crippen LogP contribution in [0.3, 0.4) is 0 Å². The van der Waals surface area contributed by atoms with Gasteiger partial charge in [-0.1, -0.05) is 91.0 Å². The summed E-state index contributed by atoms with van der Waals surface area (Å²) in [4.78, 5) is 73.0. The van der Waals surface area contributed by atoms with E-state index >= 15 is 0 Å². The van der Waals surface area contributed by atoms with Gasteiger partial charge in [-0.2, -0.15) is 0 Å². The number of aromatic amines is 1. The molecule has 1 fully saturated rings. The molecule has 288 valence electrons. The van der Waals surface area contributed by atoms with Crippen LogP contribution in [-0.4, -0.2) is 57.4 Å². The molecule has 0 bridgehead atoms. The van der Waals surface area contributed by atoms with E-state index in [0.717, 1.165) is 29.2 Å². The third-order valence-corrected chi connectivity index (χ3v) is 10.9. The highest BCUT2D eigenvalue weighted by Crippen LogP contribution is 2.41. The molecule has 0 saturated carbocycles. The molecule has 2 aliphatic rings. The van der Waals surface area contributed by atoms with E-state index in [-0.39, 0.29) is 48.6 Å². The Morgan fingerprint density at radius 1 is 0.893 bits per heavy atom. The van der Waals surface area contributed by atoms with Crippen LogP contribution in [-0.2, 0) is 31.5 Å². The number of amides is 4. The van der Waals surface area contributed by atoms with E-state index in [1.165, 1.54) is 29.2 Å². The summed E-state index contributed by atoms with van der Waals surface area (Å²) in [5.41, 5.74) is 9.44. The highest BCUT2D eigenvalue weighted by molar-refractivity contribution is 6.01. The maximum atomic E-state index is 14.5. The molecule has 7 rings (SSSR count). The number of primary amides is 1. The van der Waals surface area contributed by atoms with Gasteiger partial charge in [0.2, 0.25) is 17.7 Å². The monoisotopic (exact) mass is 759 g/mol. The smallest absolute Gasteiger partial charge is 0.270 e. The van der Waals surface area contributed by atoms with Gasteiger partial charge in [0.05, 0.1) is 12.1 Å². The number of hydrogen-bond donors (Lipinski definition) is 4. The second-order valence-electron chi connectivity index (χ2n) is 14.8. The molecule has 12 heteroatoms. The molecule has 5 N–H and O–H groups in total. The first-order chi connectivity index (χ1) is 26.9. The molecule has 56 heavy (non-hydrogen) atoms. The maximum absolute atomic E-state index is 14.5. The second-order valence-corrected chi connectivity index (χ2v) is 14.8. The van der Waals surface area contributed by atoms with Crippen molar-refractivity contribution in [2.24, 2.45) is 5.73 Å². The van der Waals surface area contributed by atoms with Crippen molar-refractivity contribution in [3.05, 3.63) is 143 Å². The molecule has 10 nitrogen and oxygen atoms in total. The minimum absolute atomic E-state index is 0.0102. The first kappa shape index (κ1) is 38.1. The Hall–Kier alpha value is -6.17. The van der Waals surface area contributed by atoms with Crippen molar-refractivity contribution >= 4 is 40.3 Å². The predicted octanol–water partition coefficient (Wildman–Crippen LogP) is 6.21. The average Bonchev–Trinajstić information content (AvgIpc) is 3.81. The zero-order chi connectivity index (χ0) is 39.6. The lowest BCUT2D eigenvalue weighted by atomic mass is 9.85. The third-order valence-electron chi connectivity index (χ3n) is 10.9. The standard InChI is InChI=1S/C44H43F2N5O5/c1-44(45,46)30-16-17-33-29(22-30)24-35(48-33)41(54)50-36-23-28-14-8-9-15-31(28)37-19-20-38(51(37)43(36)56)42(55)49-34(18-21-40(47)53)39(52)25-32(26-10-4-2-5-11-26)27-12-6-3-7-13-27/h2-17,22,24,32,34,36-38,48H,18-21,23,25H2,1H3,(H2,47,53)(H,49,55)(H,50,54)/t34-,36-,37+,38-/m0/s1. The molecule has 3 heterocycles. The number of rotatable bonds is 13. The van der Waals surface area contributed by atoms with Gasteiger partial charge in [0, 0.05) is 48.6 Å². The summed E-state index contributed by atoms with van der Waals surface area (Å²) in [5, 5.41) is 6.16. The van der Waals surface area contributed by atoms with Crippen molar-refractivity contribution in [1.82, 2.24) is 20.5 Å². The number of benzene rings is 4. The Morgan fingerprint density at radius 3 is 2.21 bits per heavy atom.